The fourth-order valence-corrected chi connectivity index (χ4v) is 2.64. The second-order valence-corrected chi connectivity index (χ2v) is 5.27. The molecule has 2 nitrogen and oxygen atoms in total. The summed E-state index contributed by atoms with van der Waals surface area (Å²) in [5, 5.41) is 0. The van der Waals surface area contributed by atoms with Crippen LogP contribution in [-0.2, 0) is 0 Å². The SMILES string of the molecule is [B]c1ccc(C2=C(c3ccc(C)cc3C)NNC2)cc1. The van der Waals surface area contributed by atoms with Gasteiger partial charge < -0.3 is 5.43 Å². The Bertz CT molecular complexity index is 672. The van der Waals surface area contributed by atoms with Crippen LogP contribution in [0.2, 0.25) is 0 Å². The van der Waals surface area contributed by atoms with E-state index >= 15 is 0 Å². The van der Waals surface area contributed by atoms with Gasteiger partial charge in [0.25, 0.3) is 0 Å². The van der Waals surface area contributed by atoms with Crippen molar-refractivity contribution in [2.45, 2.75) is 13.8 Å². The van der Waals surface area contributed by atoms with Crippen LogP contribution in [0.1, 0.15) is 22.3 Å². The summed E-state index contributed by atoms with van der Waals surface area (Å²) < 4.78 is 0. The van der Waals surface area contributed by atoms with Gasteiger partial charge in [-0.2, -0.15) is 0 Å². The summed E-state index contributed by atoms with van der Waals surface area (Å²) in [5.74, 6) is 0. The smallest absolute Gasteiger partial charge is 0.113 e. The van der Waals surface area contributed by atoms with Crippen molar-refractivity contribution in [2.24, 2.45) is 0 Å². The first-order chi connectivity index (χ1) is 9.65. The highest BCUT2D eigenvalue weighted by molar-refractivity contribution is 6.32. The van der Waals surface area contributed by atoms with Crippen molar-refractivity contribution in [1.82, 2.24) is 10.9 Å². The molecule has 2 aromatic carbocycles. The lowest BCUT2D eigenvalue weighted by Crippen LogP contribution is -2.23. The highest BCUT2D eigenvalue weighted by Gasteiger charge is 2.18. The van der Waals surface area contributed by atoms with E-state index in [9.17, 15) is 0 Å². The topological polar surface area (TPSA) is 24.1 Å². The van der Waals surface area contributed by atoms with E-state index in [1.54, 1.807) is 0 Å². The summed E-state index contributed by atoms with van der Waals surface area (Å²) in [4.78, 5) is 0. The molecule has 20 heavy (non-hydrogen) atoms. The van der Waals surface area contributed by atoms with E-state index in [1.807, 2.05) is 12.1 Å². The Kier molecular flexibility index (Phi) is 3.37. The number of hydrogen-bond acceptors (Lipinski definition) is 2. The summed E-state index contributed by atoms with van der Waals surface area (Å²) in [5.41, 5.74) is 14.8. The van der Waals surface area contributed by atoms with Crippen LogP contribution in [0.15, 0.2) is 42.5 Å². The van der Waals surface area contributed by atoms with Crippen molar-refractivity contribution in [3.8, 4) is 0 Å². The van der Waals surface area contributed by atoms with Gasteiger partial charge in [-0.1, -0.05) is 53.5 Å². The third-order valence-electron chi connectivity index (χ3n) is 3.69. The second-order valence-electron chi connectivity index (χ2n) is 5.27. The molecule has 0 unspecified atom stereocenters. The predicted octanol–water partition coefficient (Wildman–Crippen LogP) is 2.07. The van der Waals surface area contributed by atoms with Crippen LogP contribution >= 0.6 is 0 Å². The predicted molar refractivity (Wildman–Crippen MR) is 85.7 cm³/mol. The Labute approximate surface area is 121 Å². The average Bonchev–Trinajstić information content (AvgIpc) is 2.88. The molecular weight excluding hydrogens is 243 g/mol. The van der Waals surface area contributed by atoms with Gasteiger partial charge in [-0.25, -0.2) is 5.43 Å². The Hall–Kier alpha value is -2.00. The van der Waals surface area contributed by atoms with E-state index in [0.717, 1.165) is 17.7 Å². The first-order valence-electron chi connectivity index (χ1n) is 6.81. The fraction of sp³-hybridized carbons (Fsp3) is 0.176. The number of hydrazine groups is 1. The van der Waals surface area contributed by atoms with Crippen LogP contribution in [0.4, 0.5) is 0 Å². The van der Waals surface area contributed by atoms with Gasteiger partial charge in [0.1, 0.15) is 7.85 Å². The van der Waals surface area contributed by atoms with E-state index in [-0.39, 0.29) is 0 Å². The van der Waals surface area contributed by atoms with Gasteiger partial charge in [-0.15, -0.1) is 0 Å². The number of aryl methyl sites for hydroxylation is 2. The van der Waals surface area contributed by atoms with Crippen LogP contribution in [0.3, 0.4) is 0 Å². The molecule has 0 spiro atoms. The summed E-state index contributed by atoms with van der Waals surface area (Å²) >= 11 is 0. The lowest BCUT2D eigenvalue weighted by molar-refractivity contribution is 0.741. The van der Waals surface area contributed by atoms with Crippen molar-refractivity contribution < 1.29 is 0 Å². The molecule has 2 N–H and O–H groups in total. The lowest BCUT2D eigenvalue weighted by atomic mass is 9.92. The molecule has 3 heteroatoms. The van der Waals surface area contributed by atoms with Crippen molar-refractivity contribution in [3.63, 3.8) is 0 Å². The van der Waals surface area contributed by atoms with Crippen LogP contribution in [0, 0.1) is 13.8 Å². The molecule has 0 fully saturated rings. The molecule has 0 saturated carbocycles. The highest BCUT2D eigenvalue weighted by Crippen LogP contribution is 2.28. The quantitative estimate of drug-likeness (QED) is 0.808. The highest BCUT2D eigenvalue weighted by atomic mass is 15.4. The van der Waals surface area contributed by atoms with Gasteiger partial charge in [0, 0.05) is 17.7 Å². The molecular formula is C17H17BN2. The largest absolute Gasteiger partial charge is 0.320 e. The average molecular weight is 260 g/mol. The fourth-order valence-electron chi connectivity index (χ4n) is 2.64. The molecule has 3 rings (SSSR count). The Morgan fingerprint density at radius 2 is 1.75 bits per heavy atom. The van der Waals surface area contributed by atoms with Gasteiger partial charge >= 0.3 is 0 Å². The van der Waals surface area contributed by atoms with Gasteiger partial charge in [0.05, 0.1) is 5.70 Å². The lowest BCUT2D eigenvalue weighted by Gasteiger charge is -2.11. The zero-order chi connectivity index (χ0) is 14.1. The molecule has 0 bridgehead atoms. The third kappa shape index (κ3) is 2.37. The van der Waals surface area contributed by atoms with Crippen LogP contribution in [0.25, 0.3) is 11.3 Å². The van der Waals surface area contributed by atoms with Crippen LogP contribution < -0.4 is 16.3 Å². The maximum absolute atomic E-state index is 5.76. The van der Waals surface area contributed by atoms with Crippen LogP contribution in [0.5, 0.6) is 0 Å². The minimum atomic E-state index is 0.793. The Balaban J connectivity index is 2.09. The third-order valence-corrected chi connectivity index (χ3v) is 3.69. The Morgan fingerprint density at radius 1 is 1.00 bits per heavy atom. The van der Waals surface area contributed by atoms with Gasteiger partial charge in [-0.3, -0.25) is 0 Å². The van der Waals surface area contributed by atoms with Gasteiger partial charge in [0.15, 0.2) is 0 Å². The van der Waals surface area contributed by atoms with Crippen molar-refractivity contribution >= 4 is 24.6 Å². The molecule has 2 radical (unpaired) electrons. The van der Waals surface area contributed by atoms with E-state index in [4.69, 9.17) is 7.85 Å². The van der Waals surface area contributed by atoms with Gasteiger partial charge in [-0.05, 0) is 25.0 Å². The molecule has 0 atom stereocenters. The van der Waals surface area contributed by atoms with Crippen molar-refractivity contribution in [3.05, 3.63) is 64.7 Å². The second kappa shape index (κ2) is 5.18. The molecule has 0 aromatic heterocycles. The summed E-state index contributed by atoms with van der Waals surface area (Å²) in [6.45, 7) is 5.08. The van der Waals surface area contributed by atoms with Crippen molar-refractivity contribution in [1.29, 1.82) is 0 Å². The van der Waals surface area contributed by atoms with Gasteiger partial charge in [0.2, 0.25) is 0 Å². The zero-order valence-electron chi connectivity index (χ0n) is 11.8. The monoisotopic (exact) mass is 260 g/mol. The first kappa shape index (κ1) is 13.0. The van der Waals surface area contributed by atoms with Crippen molar-refractivity contribution in [2.75, 3.05) is 6.54 Å². The number of benzene rings is 2. The number of rotatable bonds is 2. The summed E-state index contributed by atoms with van der Waals surface area (Å²) in [7, 11) is 5.76. The number of hydrogen-bond donors (Lipinski definition) is 2. The summed E-state index contributed by atoms with van der Waals surface area (Å²) in [6.07, 6.45) is 0. The standard InChI is InChI=1S/C17H17BN2/c1-11-3-8-15(12(2)9-11)17-16(10-19-20-17)13-4-6-14(18)7-5-13/h3-9,19-20H,10H2,1-2H3. The Morgan fingerprint density at radius 3 is 2.45 bits per heavy atom. The summed E-state index contributed by atoms with van der Waals surface area (Å²) in [6, 6.07) is 14.6. The maximum atomic E-state index is 5.76. The van der Waals surface area contributed by atoms with E-state index in [1.165, 1.54) is 27.8 Å². The first-order valence-corrected chi connectivity index (χ1v) is 6.81. The molecule has 1 aliphatic heterocycles. The normalized spacial score (nSPS) is 14.5. The van der Waals surface area contributed by atoms with E-state index in [2.05, 4.69) is 55.0 Å². The molecule has 1 heterocycles. The molecule has 2 aromatic rings. The molecule has 0 aliphatic carbocycles. The van der Waals surface area contributed by atoms with E-state index < -0.39 is 0 Å². The zero-order valence-corrected chi connectivity index (χ0v) is 11.8. The number of nitrogens with one attached hydrogen (secondary N) is 2. The molecule has 0 amide bonds. The maximum Gasteiger partial charge on any atom is 0.113 e. The minimum absolute atomic E-state index is 0.793. The molecule has 1 aliphatic rings. The minimum Gasteiger partial charge on any atom is -0.320 e. The molecule has 98 valence electrons. The van der Waals surface area contributed by atoms with E-state index in [0.29, 0.717) is 0 Å². The van der Waals surface area contributed by atoms with Crippen LogP contribution in [-0.4, -0.2) is 14.4 Å². The molecule has 0 saturated heterocycles.